The second kappa shape index (κ2) is 3.37. The highest BCUT2D eigenvalue weighted by atomic mass is 16.7. The summed E-state index contributed by atoms with van der Waals surface area (Å²) in [5.74, 6) is 0. The molecule has 0 saturated carbocycles. The second-order valence-corrected chi connectivity index (χ2v) is 12.2. The van der Waals surface area contributed by atoms with Gasteiger partial charge >= 0.3 is 0 Å². The molecule has 1 spiro atoms. The predicted octanol–water partition coefficient (Wildman–Crippen LogP) is 6.56. The van der Waals surface area contributed by atoms with E-state index in [1.54, 1.807) is 32.3 Å². The van der Waals surface area contributed by atoms with Crippen LogP contribution in [0.1, 0.15) is 45.0 Å². The summed E-state index contributed by atoms with van der Waals surface area (Å²) in [5, 5.41) is 18.3. The highest BCUT2D eigenvalue weighted by Gasteiger charge is 2.86. The van der Waals surface area contributed by atoms with E-state index < -0.39 is 0 Å². The van der Waals surface area contributed by atoms with Crippen molar-refractivity contribution in [1.82, 2.24) is 0 Å². The Morgan fingerprint density at radius 2 is 1.38 bits per heavy atom. The van der Waals surface area contributed by atoms with Gasteiger partial charge in [0.15, 0.2) is 11.2 Å². The van der Waals surface area contributed by atoms with Crippen molar-refractivity contribution in [2.45, 2.75) is 36.3 Å². The maximum Gasteiger partial charge on any atom is 0.157 e. The SMILES string of the molecule is C1=C2Cc3cc4ccc5cc6c7c8c(cc9c%10c8c8c(c2c3c2c4c5c7c82)C%102OC12C1OC91)C6. The van der Waals surface area contributed by atoms with Crippen molar-refractivity contribution in [3.63, 3.8) is 0 Å². The molecule has 34 heavy (non-hydrogen) atoms. The molecule has 4 atom stereocenters. The maximum absolute atomic E-state index is 7.06. The van der Waals surface area contributed by atoms with Gasteiger partial charge < -0.3 is 9.47 Å². The van der Waals surface area contributed by atoms with E-state index in [0.717, 1.165) is 12.8 Å². The Balaban J connectivity index is 1.52. The van der Waals surface area contributed by atoms with Crippen LogP contribution in [-0.4, -0.2) is 11.7 Å². The number of hydrogen-bond donors (Lipinski definition) is 0. The van der Waals surface area contributed by atoms with Gasteiger partial charge in [-0.1, -0.05) is 30.3 Å². The number of benzene rings is 6. The molecular weight excluding hydrogens is 416 g/mol. The largest absolute Gasteiger partial charge is 0.361 e. The van der Waals surface area contributed by atoms with Gasteiger partial charge in [-0.3, -0.25) is 0 Å². The number of hydrogen-bond acceptors (Lipinski definition) is 2. The van der Waals surface area contributed by atoms with E-state index in [9.17, 15) is 0 Å². The summed E-state index contributed by atoms with van der Waals surface area (Å²) in [4.78, 5) is 0. The number of ether oxygens (including phenoxy) is 2. The first kappa shape index (κ1) is 14.1. The third-order valence-corrected chi connectivity index (χ3v) is 11.2. The van der Waals surface area contributed by atoms with Crippen molar-refractivity contribution in [1.29, 1.82) is 0 Å². The Hall–Kier alpha value is -3.46. The van der Waals surface area contributed by atoms with Crippen LogP contribution < -0.4 is 0 Å². The lowest BCUT2D eigenvalue weighted by Crippen LogP contribution is -2.34. The van der Waals surface area contributed by atoms with Crippen LogP contribution in [0, 0.1) is 0 Å². The Kier molecular flexibility index (Phi) is 1.39. The number of rotatable bonds is 0. The van der Waals surface area contributed by atoms with Crippen molar-refractivity contribution in [2.75, 3.05) is 0 Å². The van der Waals surface area contributed by atoms with E-state index in [0.29, 0.717) is 0 Å². The molecule has 2 heterocycles. The molecule has 0 aromatic heterocycles. The van der Waals surface area contributed by atoms with Gasteiger partial charge in [-0.15, -0.1) is 0 Å². The summed E-state index contributed by atoms with van der Waals surface area (Å²) in [7, 11) is 0. The Morgan fingerprint density at radius 1 is 0.676 bits per heavy atom. The zero-order chi connectivity index (χ0) is 20.8. The highest BCUT2D eigenvalue weighted by molar-refractivity contribution is 6.51. The van der Waals surface area contributed by atoms with Crippen LogP contribution in [0.4, 0.5) is 0 Å². The monoisotopic (exact) mass is 428 g/mol. The molecule has 2 fully saturated rings. The van der Waals surface area contributed by atoms with Gasteiger partial charge in [0.25, 0.3) is 0 Å². The summed E-state index contributed by atoms with van der Waals surface area (Å²) in [5.41, 5.74) is 11.4. The fourth-order valence-corrected chi connectivity index (χ4v) is 10.4. The summed E-state index contributed by atoms with van der Waals surface area (Å²) >= 11 is 0. The molecule has 0 bridgehead atoms. The summed E-state index contributed by atoms with van der Waals surface area (Å²) in [6, 6.07) is 12.3. The van der Waals surface area contributed by atoms with E-state index in [-0.39, 0.29) is 23.4 Å². The lowest BCUT2D eigenvalue weighted by molar-refractivity contribution is 0.257. The van der Waals surface area contributed by atoms with Crippen molar-refractivity contribution in [2.24, 2.45) is 0 Å². The van der Waals surface area contributed by atoms with Gasteiger partial charge in [-0.2, -0.15) is 0 Å². The van der Waals surface area contributed by atoms with Crippen LogP contribution in [0.15, 0.2) is 36.4 Å². The molecule has 7 aromatic rings. The lowest BCUT2D eigenvalue weighted by atomic mass is 9.68. The molecule has 4 unspecified atom stereocenters. The molecule has 7 aromatic carbocycles. The second-order valence-electron chi connectivity index (χ2n) is 12.2. The van der Waals surface area contributed by atoms with Crippen LogP contribution >= 0.6 is 0 Å². The van der Waals surface area contributed by atoms with Crippen molar-refractivity contribution < 1.29 is 9.47 Å². The number of epoxide rings is 2. The molecule has 2 nitrogen and oxygen atoms in total. The molecule has 0 N–H and O–H groups in total. The molecule has 2 aliphatic heterocycles. The van der Waals surface area contributed by atoms with Crippen molar-refractivity contribution >= 4 is 70.2 Å². The minimum atomic E-state index is -0.307. The molecule has 152 valence electrons. The first-order valence-electron chi connectivity index (χ1n) is 12.7. The first-order chi connectivity index (χ1) is 16.8. The third kappa shape index (κ3) is 0.895. The predicted molar refractivity (Wildman–Crippen MR) is 132 cm³/mol. The maximum atomic E-state index is 7.06. The zero-order valence-corrected chi connectivity index (χ0v) is 17.8. The molecule has 0 radical (unpaired) electrons. The average Bonchev–Trinajstić information content (AvgIpc) is 3.60. The van der Waals surface area contributed by atoms with Gasteiger partial charge in [-0.05, 0) is 117 Å². The van der Waals surface area contributed by atoms with Gasteiger partial charge in [0.1, 0.15) is 12.2 Å². The minimum absolute atomic E-state index is 0.178. The summed E-state index contributed by atoms with van der Waals surface area (Å²) in [6.45, 7) is 0. The molecular formula is C32H12O2. The first-order valence-corrected chi connectivity index (χ1v) is 12.7. The molecule has 5 aliphatic carbocycles. The van der Waals surface area contributed by atoms with Crippen LogP contribution in [0.3, 0.4) is 0 Å². The van der Waals surface area contributed by atoms with Gasteiger partial charge in [0.2, 0.25) is 0 Å². The summed E-state index contributed by atoms with van der Waals surface area (Å²) in [6.07, 6.45) is 4.98. The zero-order valence-electron chi connectivity index (χ0n) is 17.8. The molecule has 14 rings (SSSR count). The van der Waals surface area contributed by atoms with E-state index >= 15 is 0 Å². The van der Waals surface area contributed by atoms with Gasteiger partial charge in [0.05, 0.1) is 0 Å². The Morgan fingerprint density at radius 3 is 2.26 bits per heavy atom. The van der Waals surface area contributed by atoms with Gasteiger partial charge in [-0.25, -0.2) is 0 Å². The van der Waals surface area contributed by atoms with E-state index in [4.69, 9.17) is 9.47 Å². The van der Waals surface area contributed by atoms with E-state index in [1.165, 1.54) is 76.8 Å². The van der Waals surface area contributed by atoms with Crippen LogP contribution in [0.2, 0.25) is 0 Å². The van der Waals surface area contributed by atoms with Crippen LogP contribution in [-0.2, 0) is 27.9 Å². The van der Waals surface area contributed by atoms with Gasteiger partial charge in [0, 0.05) is 11.1 Å². The molecule has 2 heteroatoms. The molecule has 0 amide bonds. The molecule has 7 aliphatic rings. The lowest BCUT2D eigenvalue weighted by Gasteiger charge is -2.27. The van der Waals surface area contributed by atoms with E-state index in [1.807, 2.05) is 0 Å². The average molecular weight is 428 g/mol. The van der Waals surface area contributed by atoms with Crippen molar-refractivity contribution in [3.05, 3.63) is 75.4 Å². The van der Waals surface area contributed by atoms with E-state index in [2.05, 4.69) is 36.4 Å². The normalized spacial score (nSPS) is 33.2. The quantitative estimate of drug-likeness (QED) is 0.202. The third-order valence-electron chi connectivity index (χ3n) is 11.2. The number of fused-ring (bicyclic) bond motifs is 2. The topological polar surface area (TPSA) is 25.1 Å². The fourth-order valence-electron chi connectivity index (χ4n) is 10.4. The number of allylic oxidation sites excluding steroid dienone is 1. The molecule has 2 saturated heterocycles. The standard InChI is InChI=1S/C32H12O2/c1-2-10-4-12-6-14-8-31-30-29(33-30)15-7-13-5-11-3-9(1)16-17(10)23-20(12)21(14)28-26-24(23)22(16)18(11)19(13)25(26)27(15)32(28,31)34-31/h1-4,7-8,29-30H,5-6H2. The van der Waals surface area contributed by atoms with Crippen molar-refractivity contribution in [3.8, 4) is 0 Å². The highest BCUT2D eigenvalue weighted by Crippen LogP contribution is 2.82. The minimum Gasteiger partial charge on any atom is -0.361 e. The van der Waals surface area contributed by atoms with Crippen LogP contribution in [0.5, 0.6) is 0 Å². The Bertz CT molecular complexity index is 2410. The summed E-state index contributed by atoms with van der Waals surface area (Å²) < 4.78 is 13.5. The smallest absolute Gasteiger partial charge is 0.157 e. The fraction of sp³-hybridized carbons (Fsp3) is 0.188. The Labute approximate surface area is 191 Å². The van der Waals surface area contributed by atoms with Crippen LogP contribution in [0.25, 0.3) is 70.2 Å².